The van der Waals surface area contributed by atoms with E-state index in [1.54, 1.807) is 24.1 Å². The zero-order chi connectivity index (χ0) is 16.1. The van der Waals surface area contributed by atoms with Crippen molar-refractivity contribution in [3.05, 3.63) is 90.5 Å². The van der Waals surface area contributed by atoms with E-state index in [0.29, 0.717) is 5.56 Å². The SMILES string of the molecule is NC(=O)c1ccc(SN(c2ccccc2)c2ccccc2)cc1. The molecule has 0 radical (unpaired) electrons. The number of amides is 1. The summed E-state index contributed by atoms with van der Waals surface area (Å²) in [5.41, 5.74) is 7.98. The molecule has 3 rings (SSSR count). The minimum atomic E-state index is -0.412. The number of nitrogens with zero attached hydrogens (tertiary/aromatic N) is 1. The van der Waals surface area contributed by atoms with Gasteiger partial charge in [0.25, 0.3) is 0 Å². The number of para-hydroxylation sites is 2. The summed E-state index contributed by atoms with van der Waals surface area (Å²) in [7, 11) is 0. The van der Waals surface area contributed by atoms with E-state index in [2.05, 4.69) is 28.6 Å². The highest BCUT2D eigenvalue weighted by Crippen LogP contribution is 2.36. The van der Waals surface area contributed by atoms with Gasteiger partial charge in [-0.25, -0.2) is 0 Å². The standard InChI is InChI=1S/C19H16N2OS/c20-19(22)15-11-13-18(14-12-15)23-21(16-7-3-1-4-8-16)17-9-5-2-6-10-17/h1-14H,(H2,20,22). The van der Waals surface area contributed by atoms with Crippen LogP contribution in [0.3, 0.4) is 0 Å². The molecule has 114 valence electrons. The van der Waals surface area contributed by atoms with E-state index in [9.17, 15) is 4.79 Å². The van der Waals surface area contributed by atoms with E-state index in [0.717, 1.165) is 16.3 Å². The monoisotopic (exact) mass is 320 g/mol. The zero-order valence-corrected chi connectivity index (χ0v) is 13.2. The molecule has 0 heterocycles. The zero-order valence-electron chi connectivity index (χ0n) is 12.4. The Balaban J connectivity index is 1.92. The number of hydrogen-bond donors (Lipinski definition) is 1. The lowest BCUT2D eigenvalue weighted by Crippen LogP contribution is -2.10. The summed E-state index contributed by atoms with van der Waals surface area (Å²) in [6.45, 7) is 0. The molecule has 0 fully saturated rings. The summed E-state index contributed by atoms with van der Waals surface area (Å²) >= 11 is 1.60. The third-order valence-corrected chi connectivity index (χ3v) is 4.40. The Labute approximate surface area is 139 Å². The first-order valence-electron chi connectivity index (χ1n) is 7.22. The molecule has 0 saturated carbocycles. The second-order valence-corrected chi connectivity index (χ2v) is 5.96. The number of anilines is 2. The molecule has 3 aromatic carbocycles. The molecule has 23 heavy (non-hydrogen) atoms. The Morgan fingerprint density at radius 3 is 1.65 bits per heavy atom. The molecule has 2 N–H and O–H groups in total. The van der Waals surface area contributed by atoms with Gasteiger partial charge in [-0.3, -0.25) is 9.10 Å². The van der Waals surface area contributed by atoms with Crippen molar-refractivity contribution in [2.75, 3.05) is 4.31 Å². The molecule has 1 amide bonds. The van der Waals surface area contributed by atoms with Crippen LogP contribution in [0.5, 0.6) is 0 Å². The maximum Gasteiger partial charge on any atom is 0.248 e. The van der Waals surface area contributed by atoms with Crippen LogP contribution in [0, 0.1) is 0 Å². The predicted octanol–water partition coefficient (Wildman–Crippen LogP) is 4.63. The molecule has 0 aliphatic heterocycles. The Morgan fingerprint density at radius 2 is 1.22 bits per heavy atom. The largest absolute Gasteiger partial charge is 0.366 e. The van der Waals surface area contributed by atoms with E-state index in [1.165, 1.54) is 0 Å². The fourth-order valence-corrected chi connectivity index (χ4v) is 3.09. The van der Waals surface area contributed by atoms with Crippen molar-refractivity contribution in [1.29, 1.82) is 0 Å². The Morgan fingerprint density at radius 1 is 0.739 bits per heavy atom. The van der Waals surface area contributed by atoms with Crippen LogP contribution in [0.25, 0.3) is 0 Å². The van der Waals surface area contributed by atoms with Crippen molar-refractivity contribution in [3.63, 3.8) is 0 Å². The van der Waals surface area contributed by atoms with Crippen molar-refractivity contribution < 1.29 is 4.79 Å². The van der Waals surface area contributed by atoms with Crippen LogP contribution < -0.4 is 10.0 Å². The summed E-state index contributed by atoms with van der Waals surface area (Å²) in [6.07, 6.45) is 0. The molecule has 0 aliphatic carbocycles. The van der Waals surface area contributed by atoms with E-state index >= 15 is 0 Å². The van der Waals surface area contributed by atoms with Crippen LogP contribution in [-0.4, -0.2) is 5.91 Å². The predicted molar refractivity (Wildman–Crippen MR) is 95.8 cm³/mol. The highest BCUT2D eigenvalue weighted by atomic mass is 32.2. The van der Waals surface area contributed by atoms with Crippen molar-refractivity contribution in [1.82, 2.24) is 0 Å². The number of carbonyl (C=O) groups is 1. The molecule has 0 bridgehead atoms. The van der Waals surface area contributed by atoms with Crippen LogP contribution in [0.15, 0.2) is 89.8 Å². The van der Waals surface area contributed by atoms with Gasteiger partial charge in [0, 0.05) is 10.5 Å². The molecular formula is C19H16N2OS. The first-order valence-corrected chi connectivity index (χ1v) is 7.99. The van der Waals surface area contributed by atoms with Crippen LogP contribution in [0.4, 0.5) is 11.4 Å². The van der Waals surface area contributed by atoms with E-state index in [4.69, 9.17) is 5.73 Å². The third kappa shape index (κ3) is 3.73. The van der Waals surface area contributed by atoms with Crippen molar-refractivity contribution >= 4 is 29.2 Å². The molecule has 3 aromatic rings. The molecule has 0 spiro atoms. The molecular weight excluding hydrogens is 304 g/mol. The van der Waals surface area contributed by atoms with Crippen LogP contribution >= 0.6 is 11.9 Å². The minimum absolute atomic E-state index is 0.412. The highest BCUT2D eigenvalue weighted by Gasteiger charge is 2.11. The van der Waals surface area contributed by atoms with Gasteiger partial charge in [-0.2, -0.15) is 0 Å². The molecule has 0 aliphatic rings. The fourth-order valence-electron chi connectivity index (χ4n) is 2.17. The first kappa shape index (κ1) is 15.2. The van der Waals surface area contributed by atoms with Crippen molar-refractivity contribution in [2.24, 2.45) is 5.73 Å². The lowest BCUT2D eigenvalue weighted by molar-refractivity contribution is 0.1000. The summed E-state index contributed by atoms with van der Waals surface area (Å²) in [4.78, 5) is 12.2. The summed E-state index contributed by atoms with van der Waals surface area (Å²) < 4.78 is 2.15. The highest BCUT2D eigenvalue weighted by molar-refractivity contribution is 8.01. The van der Waals surface area contributed by atoms with E-state index in [-0.39, 0.29) is 0 Å². The number of nitrogens with two attached hydrogens (primary N) is 1. The van der Waals surface area contributed by atoms with E-state index in [1.807, 2.05) is 48.5 Å². The lowest BCUT2D eigenvalue weighted by Gasteiger charge is -2.23. The topological polar surface area (TPSA) is 46.3 Å². The van der Waals surface area contributed by atoms with Crippen LogP contribution in [-0.2, 0) is 0 Å². The molecule has 4 heteroatoms. The molecule has 0 unspecified atom stereocenters. The molecule has 0 saturated heterocycles. The number of benzene rings is 3. The molecule has 3 nitrogen and oxygen atoms in total. The van der Waals surface area contributed by atoms with Gasteiger partial charge in [-0.05, 0) is 60.5 Å². The number of carbonyl (C=O) groups excluding carboxylic acids is 1. The van der Waals surface area contributed by atoms with Crippen LogP contribution in [0.2, 0.25) is 0 Å². The molecule has 0 aromatic heterocycles. The number of rotatable bonds is 5. The average Bonchev–Trinajstić information content (AvgIpc) is 2.61. The fraction of sp³-hybridized carbons (Fsp3) is 0. The number of hydrogen-bond acceptors (Lipinski definition) is 3. The Hall–Kier alpha value is -2.72. The summed E-state index contributed by atoms with van der Waals surface area (Å²) in [5.74, 6) is -0.412. The summed E-state index contributed by atoms with van der Waals surface area (Å²) in [5, 5.41) is 0. The first-order chi connectivity index (χ1) is 11.2. The van der Waals surface area contributed by atoms with Gasteiger partial charge in [0.1, 0.15) is 0 Å². The lowest BCUT2D eigenvalue weighted by atomic mass is 10.2. The van der Waals surface area contributed by atoms with Gasteiger partial charge < -0.3 is 5.73 Å². The smallest absolute Gasteiger partial charge is 0.248 e. The maximum atomic E-state index is 11.2. The second kappa shape index (κ2) is 7.03. The van der Waals surface area contributed by atoms with Crippen LogP contribution in [0.1, 0.15) is 10.4 Å². The minimum Gasteiger partial charge on any atom is -0.366 e. The third-order valence-electron chi connectivity index (χ3n) is 3.32. The van der Waals surface area contributed by atoms with Gasteiger partial charge in [0.2, 0.25) is 5.91 Å². The quantitative estimate of drug-likeness (QED) is 0.697. The van der Waals surface area contributed by atoms with Gasteiger partial charge in [0.15, 0.2) is 0 Å². The Bertz CT molecular complexity index is 734. The van der Waals surface area contributed by atoms with Gasteiger partial charge in [-0.15, -0.1) is 0 Å². The van der Waals surface area contributed by atoms with Gasteiger partial charge >= 0.3 is 0 Å². The Kier molecular flexibility index (Phi) is 4.64. The van der Waals surface area contributed by atoms with Gasteiger partial charge in [-0.1, -0.05) is 36.4 Å². The van der Waals surface area contributed by atoms with Crippen molar-refractivity contribution in [3.8, 4) is 0 Å². The average molecular weight is 320 g/mol. The second-order valence-electron chi connectivity index (χ2n) is 4.95. The normalized spacial score (nSPS) is 10.3. The summed E-state index contributed by atoms with van der Waals surface area (Å²) in [6, 6.07) is 27.6. The maximum absolute atomic E-state index is 11.2. The molecule has 0 atom stereocenters. The van der Waals surface area contributed by atoms with Gasteiger partial charge in [0.05, 0.1) is 11.4 Å². The van der Waals surface area contributed by atoms with Crippen molar-refractivity contribution in [2.45, 2.75) is 4.90 Å². The van der Waals surface area contributed by atoms with E-state index < -0.39 is 5.91 Å². The number of primary amides is 1.